The van der Waals surface area contributed by atoms with Gasteiger partial charge >= 0.3 is 0 Å². The second kappa shape index (κ2) is 9.61. The topological polar surface area (TPSA) is 78.5 Å². The third-order valence-corrected chi connectivity index (χ3v) is 6.18. The predicted molar refractivity (Wildman–Crippen MR) is 122 cm³/mol. The molecule has 3 aromatic rings. The van der Waals surface area contributed by atoms with E-state index in [0.717, 1.165) is 43.0 Å². The molecule has 3 aromatic carbocycles. The van der Waals surface area contributed by atoms with Crippen LogP contribution in [0.15, 0.2) is 77.7 Å². The van der Waals surface area contributed by atoms with Gasteiger partial charge in [0.15, 0.2) is 0 Å². The third kappa shape index (κ3) is 5.40. The molecule has 0 radical (unpaired) electrons. The predicted octanol–water partition coefficient (Wildman–Crippen LogP) is 4.73. The largest absolute Gasteiger partial charge is 0.372 e. The minimum Gasteiger partial charge on any atom is -0.372 e. The first-order chi connectivity index (χ1) is 14.8. The van der Waals surface area contributed by atoms with Crippen LogP contribution in [0.5, 0.6) is 0 Å². The molecule has 2 N–H and O–H groups in total. The number of hydrogen-bond donors (Lipinski definition) is 2. The van der Waals surface area contributed by atoms with Crippen LogP contribution in [0, 0.1) is 5.82 Å². The summed E-state index contributed by atoms with van der Waals surface area (Å²) in [7, 11) is -3.98. The van der Waals surface area contributed by atoms with Gasteiger partial charge in [-0.1, -0.05) is 12.1 Å². The Morgan fingerprint density at radius 1 is 0.903 bits per heavy atom. The minimum absolute atomic E-state index is 0.101. The number of nitrogens with zero attached hydrogens (tertiary/aromatic N) is 1. The number of halogens is 1. The Bertz CT molecular complexity index is 1140. The summed E-state index contributed by atoms with van der Waals surface area (Å²) in [5.74, 6) is -0.987. The van der Waals surface area contributed by atoms with Crippen LogP contribution in [-0.4, -0.2) is 27.4 Å². The Labute approximate surface area is 181 Å². The molecule has 0 heterocycles. The molecule has 0 aromatic heterocycles. The smallest absolute Gasteiger partial charge is 0.261 e. The molecule has 0 spiro atoms. The molecule has 0 saturated heterocycles. The molecule has 0 bridgehead atoms. The molecule has 162 valence electrons. The molecule has 0 fully saturated rings. The monoisotopic (exact) mass is 441 g/mol. The highest BCUT2D eigenvalue weighted by Gasteiger charge is 2.19. The molecule has 0 atom stereocenters. The standard InChI is InChI=1S/C23H24FN3O3S/c1-3-27(4-2)19-13-11-18(12-14-19)25-23(28)21-7-5-6-8-22(21)26-31(29,30)20-15-9-17(24)10-16-20/h5-16,26H,3-4H2,1-2H3,(H,25,28). The summed E-state index contributed by atoms with van der Waals surface area (Å²) in [6.45, 7) is 5.90. The Hall–Kier alpha value is -3.39. The van der Waals surface area contributed by atoms with Crippen molar-refractivity contribution in [3.8, 4) is 0 Å². The fourth-order valence-electron chi connectivity index (χ4n) is 3.13. The van der Waals surface area contributed by atoms with Gasteiger partial charge in [-0.2, -0.15) is 0 Å². The van der Waals surface area contributed by atoms with Gasteiger partial charge < -0.3 is 10.2 Å². The van der Waals surface area contributed by atoms with Crippen LogP contribution < -0.4 is 14.9 Å². The van der Waals surface area contributed by atoms with Crippen molar-refractivity contribution in [1.82, 2.24) is 0 Å². The maximum Gasteiger partial charge on any atom is 0.261 e. The average Bonchev–Trinajstić information content (AvgIpc) is 2.76. The number of benzene rings is 3. The Kier molecular flexibility index (Phi) is 6.91. The van der Waals surface area contributed by atoms with E-state index in [1.165, 1.54) is 12.1 Å². The van der Waals surface area contributed by atoms with Crippen molar-refractivity contribution >= 4 is 33.0 Å². The van der Waals surface area contributed by atoms with Crippen LogP contribution in [-0.2, 0) is 10.0 Å². The lowest BCUT2D eigenvalue weighted by Crippen LogP contribution is -2.21. The summed E-state index contributed by atoms with van der Waals surface area (Å²) in [4.78, 5) is 14.9. The van der Waals surface area contributed by atoms with Crippen molar-refractivity contribution in [3.63, 3.8) is 0 Å². The molecule has 0 aliphatic rings. The molecule has 8 heteroatoms. The molecular formula is C23H24FN3O3S. The van der Waals surface area contributed by atoms with Crippen LogP contribution in [0.4, 0.5) is 21.5 Å². The maximum atomic E-state index is 13.1. The van der Waals surface area contributed by atoms with Crippen molar-refractivity contribution in [2.45, 2.75) is 18.7 Å². The number of para-hydroxylation sites is 1. The molecule has 31 heavy (non-hydrogen) atoms. The van der Waals surface area contributed by atoms with Crippen LogP contribution in [0.25, 0.3) is 0 Å². The SMILES string of the molecule is CCN(CC)c1ccc(NC(=O)c2ccccc2NS(=O)(=O)c2ccc(F)cc2)cc1. The van der Waals surface area contributed by atoms with E-state index in [1.54, 1.807) is 24.3 Å². The highest BCUT2D eigenvalue weighted by Crippen LogP contribution is 2.23. The Morgan fingerprint density at radius 3 is 2.13 bits per heavy atom. The fraction of sp³-hybridized carbons (Fsp3) is 0.174. The first kappa shape index (κ1) is 22.3. The van der Waals surface area contributed by atoms with Crippen molar-refractivity contribution in [2.75, 3.05) is 28.0 Å². The van der Waals surface area contributed by atoms with E-state index in [1.807, 2.05) is 12.1 Å². The number of amides is 1. The summed E-state index contributed by atoms with van der Waals surface area (Å²) in [5, 5.41) is 2.79. The Balaban J connectivity index is 1.79. The van der Waals surface area contributed by atoms with Crippen molar-refractivity contribution in [3.05, 3.63) is 84.2 Å². The van der Waals surface area contributed by atoms with Gasteiger partial charge in [0, 0.05) is 24.5 Å². The van der Waals surface area contributed by atoms with Gasteiger partial charge in [-0.05, 0) is 74.5 Å². The van der Waals surface area contributed by atoms with E-state index in [4.69, 9.17) is 0 Å². The van der Waals surface area contributed by atoms with E-state index >= 15 is 0 Å². The van der Waals surface area contributed by atoms with Gasteiger partial charge in [0.25, 0.3) is 15.9 Å². The highest BCUT2D eigenvalue weighted by molar-refractivity contribution is 7.92. The first-order valence-corrected chi connectivity index (χ1v) is 11.4. The fourth-order valence-corrected chi connectivity index (χ4v) is 4.21. The maximum absolute atomic E-state index is 13.1. The van der Waals surface area contributed by atoms with Gasteiger partial charge in [-0.25, -0.2) is 12.8 Å². The number of nitrogens with one attached hydrogen (secondary N) is 2. The quantitative estimate of drug-likeness (QED) is 0.530. The lowest BCUT2D eigenvalue weighted by Gasteiger charge is -2.21. The minimum atomic E-state index is -3.98. The number of carbonyl (C=O) groups is 1. The lowest BCUT2D eigenvalue weighted by molar-refractivity contribution is 0.102. The van der Waals surface area contributed by atoms with E-state index in [9.17, 15) is 17.6 Å². The normalized spacial score (nSPS) is 11.1. The van der Waals surface area contributed by atoms with Crippen molar-refractivity contribution in [2.24, 2.45) is 0 Å². The number of rotatable bonds is 8. The highest BCUT2D eigenvalue weighted by atomic mass is 32.2. The average molecular weight is 442 g/mol. The first-order valence-electron chi connectivity index (χ1n) is 9.88. The summed E-state index contributed by atoms with van der Waals surface area (Å²) < 4.78 is 40.8. The zero-order chi connectivity index (χ0) is 22.4. The van der Waals surface area contributed by atoms with Crippen LogP contribution in [0.1, 0.15) is 24.2 Å². The van der Waals surface area contributed by atoms with Crippen LogP contribution >= 0.6 is 0 Å². The lowest BCUT2D eigenvalue weighted by atomic mass is 10.1. The summed E-state index contributed by atoms with van der Waals surface area (Å²) >= 11 is 0. The van der Waals surface area contributed by atoms with Gasteiger partial charge in [0.2, 0.25) is 0 Å². The van der Waals surface area contributed by atoms with E-state index in [2.05, 4.69) is 28.8 Å². The van der Waals surface area contributed by atoms with Crippen molar-refractivity contribution in [1.29, 1.82) is 0 Å². The number of hydrogen-bond acceptors (Lipinski definition) is 4. The van der Waals surface area contributed by atoms with E-state index in [-0.39, 0.29) is 16.1 Å². The molecule has 0 aliphatic carbocycles. The van der Waals surface area contributed by atoms with Gasteiger partial charge in [-0.15, -0.1) is 0 Å². The van der Waals surface area contributed by atoms with Crippen LogP contribution in [0.2, 0.25) is 0 Å². The number of sulfonamides is 1. The summed E-state index contributed by atoms with van der Waals surface area (Å²) in [5.41, 5.74) is 1.94. The molecule has 1 amide bonds. The molecule has 0 aliphatic heterocycles. The molecule has 0 saturated carbocycles. The number of anilines is 3. The van der Waals surface area contributed by atoms with E-state index < -0.39 is 21.7 Å². The summed E-state index contributed by atoms with van der Waals surface area (Å²) in [6, 6.07) is 18.2. The van der Waals surface area contributed by atoms with E-state index in [0.29, 0.717) is 5.69 Å². The molecule has 6 nitrogen and oxygen atoms in total. The molecular weight excluding hydrogens is 417 g/mol. The van der Waals surface area contributed by atoms with Gasteiger partial charge in [-0.3, -0.25) is 9.52 Å². The third-order valence-electron chi connectivity index (χ3n) is 4.79. The van der Waals surface area contributed by atoms with Crippen LogP contribution in [0.3, 0.4) is 0 Å². The zero-order valence-electron chi connectivity index (χ0n) is 17.3. The molecule has 0 unspecified atom stereocenters. The second-order valence-corrected chi connectivity index (χ2v) is 8.46. The zero-order valence-corrected chi connectivity index (χ0v) is 18.1. The van der Waals surface area contributed by atoms with Gasteiger partial charge in [0.1, 0.15) is 5.82 Å². The Morgan fingerprint density at radius 2 is 1.52 bits per heavy atom. The van der Waals surface area contributed by atoms with Crippen molar-refractivity contribution < 1.29 is 17.6 Å². The number of carbonyl (C=O) groups excluding carboxylic acids is 1. The molecule has 3 rings (SSSR count). The summed E-state index contributed by atoms with van der Waals surface area (Å²) in [6.07, 6.45) is 0. The second-order valence-electron chi connectivity index (χ2n) is 6.78. The van der Waals surface area contributed by atoms with Gasteiger partial charge in [0.05, 0.1) is 16.1 Å².